The minimum absolute atomic E-state index is 0.140. The Labute approximate surface area is 84.2 Å². The predicted octanol–water partition coefficient (Wildman–Crippen LogP) is 3.31. The Balaban J connectivity index is 2.95. The Hall–Kier alpha value is -0.790. The zero-order valence-corrected chi connectivity index (χ0v) is 8.51. The maximum absolute atomic E-state index is 6.00. The maximum Gasteiger partial charge on any atom is 0.0523 e. The highest BCUT2D eigenvalue weighted by atomic mass is 35.5. The molecule has 1 aromatic carbocycles. The van der Waals surface area contributed by atoms with Crippen LogP contribution in [0.15, 0.2) is 36.4 Å². The summed E-state index contributed by atoms with van der Waals surface area (Å²) in [6.45, 7) is 5.95. The highest BCUT2D eigenvalue weighted by Gasteiger charge is 2.10. The third-order valence-electron chi connectivity index (χ3n) is 2.13. The molecule has 1 aromatic rings. The molecule has 0 spiro atoms. The van der Waals surface area contributed by atoms with Gasteiger partial charge in [0.1, 0.15) is 0 Å². The number of nitrogens with two attached hydrogens (primary N) is 1. The van der Waals surface area contributed by atoms with Gasteiger partial charge in [-0.25, -0.2) is 0 Å². The van der Waals surface area contributed by atoms with Gasteiger partial charge < -0.3 is 5.73 Å². The van der Waals surface area contributed by atoms with E-state index in [0.717, 1.165) is 17.6 Å². The monoisotopic (exact) mass is 195 g/mol. The molecule has 13 heavy (non-hydrogen) atoms. The summed E-state index contributed by atoms with van der Waals surface area (Å²) in [5.74, 6) is 0. The minimum atomic E-state index is -0.140. The van der Waals surface area contributed by atoms with Gasteiger partial charge in [-0.1, -0.05) is 48.9 Å². The molecule has 0 aliphatic heterocycles. The summed E-state index contributed by atoms with van der Waals surface area (Å²) in [6.07, 6.45) is 0.881. The second-order valence-electron chi connectivity index (χ2n) is 3.01. The molecule has 0 fully saturated rings. The molecule has 0 saturated carbocycles. The molecule has 0 saturated heterocycles. The average molecular weight is 196 g/mol. The van der Waals surface area contributed by atoms with Gasteiger partial charge in [0.2, 0.25) is 0 Å². The second kappa shape index (κ2) is 4.45. The van der Waals surface area contributed by atoms with Crippen molar-refractivity contribution in [2.24, 2.45) is 5.73 Å². The summed E-state index contributed by atoms with van der Waals surface area (Å²) in [6, 6.07) is 7.48. The second-order valence-corrected chi connectivity index (χ2v) is 3.42. The van der Waals surface area contributed by atoms with Gasteiger partial charge in [-0.05, 0) is 18.1 Å². The van der Waals surface area contributed by atoms with Crippen molar-refractivity contribution in [3.8, 4) is 0 Å². The minimum Gasteiger partial charge on any atom is -0.321 e. The van der Waals surface area contributed by atoms with E-state index in [9.17, 15) is 0 Å². The normalized spacial score (nSPS) is 12.5. The Bertz CT molecular complexity index is 307. The average Bonchev–Trinajstić information content (AvgIpc) is 2.16. The lowest BCUT2D eigenvalue weighted by Crippen LogP contribution is -2.12. The molecule has 2 heteroatoms. The van der Waals surface area contributed by atoms with Crippen molar-refractivity contribution < 1.29 is 0 Å². The topological polar surface area (TPSA) is 26.0 Å². The first-order chi connectivity index (χ1) is 6.16. The molecule has 0 aliphatic carbocycles. The van der Waals surface area contributed by atoms with Gasteiger partial charge in [0.15, 0.2) is 0 Å². The Kier molecular flexibility index (Phi) is 3.52. The number of halogens is 1. The molecule has 0 heterocycles. The van der Waals surface area contributed by atoms with Gasteiger partial charge in [0.25, 0.3) is 0 Å². The third kappa shape index (κ3) is 2.33. The highest BCUT2D eigenvalue weighted by Crippen LogP contribution is 2.26. The van der Waals surface area contributed by atoms with Crippen LogP contribution in [0, 0.1) is 0 Å². The molecule has 1 atom stereocenters. The lowest BCUT2D eigenvalue weighted by molar-refractivity contribution is 0.806. The molecule has 2 N–H and O–H groups in total. The molecule has 0 amide bonds. The summed E-state index contributed by atoms with van der Waals surface area (Å²) < 4.78 is 0. The fourth-order valence-electron chi connectivity index (χ4n) is 1.17. The smallest absolute Gasteiger partial charge is 0.0523 e. The van der Waals surface area contributed by atoms with E-state index in [1.54, 1.807) is 0 Å². The van der Waals surface area contributed by atoms with E-state index in [4.69, 9.17) is 17.3 Å². The maximum atomic E-state index is 6.00. The lowest BCUT2D eigenvalue weighted by Gasteiger charge is -2.14. The largest absolute Gasteiger partial charge is 0.321 e. The molecule has 1 nitrogen and oxygen atoms in total. The van der Waals surface area contributed by atoms with Crippen molar-refractivity contribution >= 4 is 11.6 Å². The third-order valence-corrected chi connectivity index (χ3v) is 2.48. The van der Waals surface area contributed by atoms with Crippen LogP contribution in [-0.2, 0) is 0 Å². The highest BCUT2D eigenvalue weighted by molar-refractivity contribution is 6.31. The first-order valence-electron chi connectivity index (χ1n) is 4.34. The molecule has 0 aromatic heterocycles. The van der Waals surface area contributed by atoms with E-state index in [0.29, 0.717) is 5.02 Å². The molecular formula is C11H14ClN. The molecule has 1 unspecified atom stereocenters. The number of hydrogen-bond donors (Lipinski definition) is 1. The van der Waals surface area contributed by atoms with Crippen molar-refractivity contribution in [1.29, 1.82) is 0 Å². The van der Waals surface area contributed by atoms with Gasteiger partial charge in [-0.15, -0.1) is 0 Å². The molecule has 0 aliphatic rings. The van der Waals surface area contributed by atoms with Crippen LogP contribution in [0.4, 0.5) is 0 Å². The van der Waals surface area contributed by atoms with E-state index in [2.05, 4.69) is 6.58 Å². The molecular weight excluding hydrogens is 182 g/mol. The predicted molar refractivity (Wildman–Crippen MR) is 57.8 cm³/mol. The van der Waals surface area contributed by atoms with Crippen LogP contribution in [0.5, 0.6) is 0 Å². The van der Waals surface area contributed by atoms with Crippen LogP contribution < -0.4 is 5.73 Å². The van der Waals surface area contributed by atoms with Gasteiger partial charge in [-0.3, -0.25) is 0 Å². The Morgan fingerprint density at radius 1 is 1.54 bits per heavy atom. The summed E-state index contributed by atoms with van der Waals surface area (Å²) in [7, 11) is 0. The molecule has 0 radical (unpaired) electrons. The Morgan fingerprint density at radius 3 is 2.69 bits per heavy atom. The van der Waals surface area contributed by atoms with Gasteiger partial charge in [0.05, 0.1) is 6.04 Å². The molecule has 70 valence electrons. The summed E-state index contributed by atoms with van der Waals surface area (Å²) in [5, 5.41) is 0.713. The van der Waals surface area contributed by atoms with E-state index in [1.807, 2.05) is 31.2 Å². The lowest BCUT2D eigenvalue weighted by atomic mass is 9.99. The standard InChI is InChI=1S/C11H14ClN/c1-3-8(2)11(13)9-6-4-5-7-10(9)12/h4-7,11H,2-3,13H2,1H3. The molecule has 0 bridgehead atoms. The summed E-state index contributed by atoms with van der Waals surface area (Å²) in [4.78, 5) is 0. The number of benzene rings is 1. The van der Waals surface area contributed by atoms with Crippen LogP contribution >= 0.6 is 11.6 Å². The Morgan fingerprint density at radius 2 is 2.15 bits per heavy atom. The van der Waals surface area contributed by atoms with Crippen molar-refractivity contribution in [2.45, 2.75) is 19.4 Å². The van der Waals surface area contributed by atoms with E-state index < -0.39 is 0 Å². The van der Waals surface area contributed by atoms with E-state index >= 15 is 0 Å². The number of rotatable bonds is 3. The van der Waals surface area contributed by atoms with Crippen LogP contribution in [0.2, 0.25) is 5.02 Å². The van der Waals surface area contributed by atoms with E-state index in [-0.39, 0.29) is 6.04 Å². The first kappa shape index (κ1) is 10.3. The number of hydrogen-bond acceptors (Lipinski definition) is 1. The fraction of sp³-hybridized carbons (Fsp3) is 0.273. The van der Waals surface area contributed by atoms with Crippen molar-refractivity contribution in [3.05, 3.63) is 47.0 Å². The quantitative estimate of drug-likeness (QED) is 0.736. The van der Waals surface area contributed by atoms with Gasteiger partial charge in [0, 0.05) is 5.02 Å². The van der Waals surface area contributed by atoms with Crippen molar-refractivity contribution in [3.63, 3.8) is 0 Å². The van der Waals surface area contributed by atoms with Crippen LogP contribution in [0.3, 0.4) is 0 Å². The SMILES string of the molecule is C=C(CC)C(N)c1ccccc1Cl. The fourth-order valence-corrected chi connectivity index (χ4v) is 1.42. The van der Waals surface area contributed by atoms with Gasteiger partial charge >= 0.3 is 0 Å². The van der Waals surface area contributed by atoms with Crippen LogP contribution in [-0.4, -0.2) is 0 Å². The zero-order valence-electron chi connectivity index (χ0n) is 7.76. The molecule has 1 rings (SSSR count). The summed E-state index contributed by atoms with van der Waals surface area (Å²) >= 11 is 6.00. The first-order valence-corrected chi connectivity index (χ1v) is 4.72. The van der Waals surface area contributed by atoms with Crippen LogP contribution in [0.25, 0.3) is 0 Å². The van der Waals surface area contributed by atoms with Crippen molar-refractivity contribution in [2.75, 3.05) is 0 Å². The van der Waals surface area contributed by atoms with Gasteiger partial charge in [-0.2, -0.15) is 0 Å². The van der Waals surface area contributed by atoms with Crippen molar-refractivity contribution in [1.82, 2.24) is 0 Å². The summed E-state index contributed by atoms with van der Waals surface area (Å²) in [5.41, 5.74) is 7.93. The van der Waals surface area contributed by atoms with E-state index in [1.165, 1.54) is 0 Å². The van der Waals surface area contributed by atoms with Crippen LogP contribution in [0.1, 0.15) is 24.9 Å². The zero-order chi connectivity index (χ0) is 9.84.